The smallest absolute Gasteiger partial charge is 0.274 e. The van der Waals surface area contributed by atoms with Crippen molar-refractivity contribution in [2.24, 2.45) is 0 Å². The Morgan fingerprint density at radius 3 is 2.73 bits per heavy atom. The molecule has 1 saturated heterocycles. The second-order valence-corrected chi connectivity index (χ2v) is 6.39. The molecule has 1 N–H and O–H groups in total. The molecule has 1 aromatic heterocycles. The van der Waals surface area contributed by atoms with Crippen LogP contribution in [-0.4, -0.2) is 46.8 Å². The molecule has 1 amide bonds. The van der Waals surface area contributed by atoms with Crippen LogP contribution in [0, 0.1) is 0 Å². The van der Waals surface area contributed by atoms with Crippen LogP contribution in [0.2, 0.25) is 0 Å². The lowest BCUT2D eigenvalue weighted by atomic mass is 9.94. The van der Waals surface area contributed by atoms with E-state index < -0.39 is 0 Å². The number of hydrogen-bond acceptors (Lipinski definition) is 3. The number of piperidine rings is 1. The Kier molecular flexibility index (Phi) is 6.26. The van der Waals surface area contributed by atoms with Crippen molar-refractivity contribution < 1.29 is 4.79 Å². The summed E-state index contributed by atoms with van der Waals surface area (Å²) in [6.07, 6.45) is 10.3. The summed E-state index contributed by atoms with van der Waals surface area (Å²) in [7, 11) is 1.93. The highest BCUT2D eigenvalue weighted by atomic mass is 35.5. The molecule has 1 aromatic rings. The minimum absolute atomic E-state index is 0. The second-order valence-electron chi connectivity index (χ2n) is 6.39. The van der Waals surface area contributed by atoms with Gasteiger partial charge in [-0.2, -0.15) is 5.10 Å². The fourth-order valence-corrected chi connectivity index (χ4v) is 3.53. The fraction of sp³-hybridized carbons (Fsp3) is 0.750. The summed E-state index contributed by atoms with van der Waals surface area (Å²) in [6, 6.07) is 2.66. The zero-order chi connectivity index (χ0) is 14.7. The molecule has 3 rings (SSSR count). The van der Waals surface area contributed by atoms with Gasteiger partial charge in [0.25, 0.3) is 5.91 Å². The molecule has 124 valence electrons. The van der Waals surface area contributed by atoms with Gasteiger partial charge >= 0.3 is 0 Å². The number of amides is 1. The van der Waals surface area contributed by atoms with Gasteiger partial charge in [0.05, 0.1) is 6.04 Å². The van der Waals surface area contributed by atoms with Crippen LogP contribution in [0.25, 0.3) is 0 Å². The second kappa shape index (κ2) is 7.97. The molecule has 1 atom stereocenters. The molecule has 1 aliphatic heterocycles. The standard InChI is InChI=1S/C16H26N4O.ClH/c1-19(13-6-3-2-4-7-13)16(21)15-9-11-20(18-15)14-8-5-10-17-12-14;/h9,11,13-14,17H,2-8,10,12H2,1H3;1H. The summed E-state index contributed by atoms with van der Waals surface area (Å²) in [6.45, 7) is 2.04. The van der Waals surface area contributed by atoms with Gasteiger partial charge in [0.15, 0.2) is 0 Å². The number of hydrogen-bond donors (Lipinski definition) is 1. The molecular weight excluding hydrogens is 300 g/mol. The molecular formula is C16H27ClN4O. The lowest BCUT2D eigenvalue weighted by Crippen LogP contribution is -2.38. The van der Waals surface area contributed by atoms with Crippen LogP contribution in [-0.2, 0) is 0 Å². The number of nitrogens with one attached hydrogen (secondary N) is 1. The van der Waals surface area contributed by atoms with Crippen molar-refractivity contribution in [3.63, 3.8) is 0 Å². The molecule has 2 fully saturated rings. The average Bonchev–Trinajstić information content (AvgIpc) is 3.05. The van der Waals surface area contributed by atoms with Crippen LogP contribution in [0.4, 0.5) is 0 Å². The van der Waals surface area contributed by atoms with E-state index in [-0.39, 0.29) is 18.3 Å². The Morgan fingerprint density at radius 2 is 2.05 bits per heavy atom. The third-order valence-corrected chi connectivity index (χ3v) is 4.92. The first kappa shape index (κ1) is 17.3. The van der Waals surface area contributed by atoms with E-state index >= 15 is 0 Å². The Labute approximate surface area is 138 Å². The van der Waals surface area contributed by atoms with Crippen LogP contribution >= 0.6 is 12.4 Å². The van der Waals surface area contributed by atoms with Gasteiger partial charge in [0.2, 0.25) is 0 Å². The molecule has 0 bridgehead atoms. The quantitative estimate of drug-likeness (QED) is 0.929. The van der Waals surface area contributed by atoms with E-state index in [1.165, 1.54) is 25.7 Å². The lowest BCUT2D eigenvalue weighted by Gasteiger charge is -2.30. The molecule has 0 aromatic carbocycles. The minimum Gasteiger partial charge on any atom is -0.337 e. The van der Waals surface area contributed by atoms with E-state index in [0.717, 1.165) is 32.4 Å². The molecule has 1 unspecified atom stereocenters. The van der Waals surface area contributed by atoms with E-state index in [2.05, 4.69) is 10.4 Å². The van der Waals surface area contributed by atoms with Crippen LogP contribution in [0.1, 0.15) is 61.5 Å². The first-order valence-corrected chi connectivity index (χ1v) is 8.29. The highest BCUT2D eigenvalue weighted by molar-refractivity contribution is 5.92. The third kappa shape index (κ3) is 3.82. The zero-order valence-corrected chi connectivity index (χ0v) is 14.1. The predicted molar refractivity (Wildman–Crippen MR) is 89.6 cm³/mol. The van der Waals surface area contributed by atoms with Gasteiger partial charge < -0.3 is 10.2 Å². The number of carbonyl (C=O) groups is 1. The Hall–Kier alpha value is -1.07. The van der Waals surface area contributed by atoms with Crippen LogP contribution in [0.15, 0.2) is 12.3 Å². The minimum atomic E-state index is 0. The van der Waals surface area contributed by atoms with Gasteiger partial charge in [0, 0.05) is 25.8 Å². The molecule has 2 heterocycles. The maximum atomic E-state index is 12.6. The van der Waals surface area contributed by atoms with E-state index in [0.29, 0.717) is 17.8 Å². The monoisotopic (exact) mass is 326 g/mol. The van der Waals surface area contributed by atoms with Crippen LogP contribution in [0.5, 0.6) is 0 Å². The van der Waals surface area contributed by atoms with Crippen molar-refractivity contribution in [3.05, 3.63) is 18.0 Å². The third-order valence-electron chi connectivity index (χ3n) is 4.92. The summed E-state index contributed by atoms with van der Waals surface area (Å²) in [4.78, 5) is 14.5. The SMILES string of the molecule is CN(C(=O)c1ccn(C2CCCNC2)n1)C1CCCCC1.Cl. The lowest BCUT2D eigenvalue weighted by molar-refractivity contribution is 0.0689. The molecule has 0 radical (unpaired) electrons. The average molecular weight is 327 g/mol. The molecule has 6 heteroatoms. The molecule has 22 heavy (non-hydrogen) atoms. The van der Waals surface area contributed by atoms with Gasteiger partial charge in [-0.25, -0.2) is 0 Å². The molecule has 5 nitrogen and oxygen atoms in total. The summed E-state index contributed by atoms with van der Waals surface area (Å²) in [5, 5.41) is 7.93. The summed E-state index contributed by atoms with van der Waals surface area (Å²) in [5.41, 5.74) is 0.591. The van der Waals surface area contributed by atoms with E-state index in [9.17, 15) is 4.79 Å². The van der Waals surface area contributed by atoms with Gasteiger partial charge in [-0.05, 0) is 38.3 Å². The highest BCUT2D eigenvalue weighted by Crippen LogP contribution is 2.23. The topological polar surface area (TPSA) is 50.2 Å². The van der Waals surface area contributed by atoms with Crippen molar-refractivity contribution in [3.8, 4) is 0 Å². The highest BCUT2D eigenvalue weighted by Gasteiger charge is 2.25. The molecule has 2 aliphatic rings. The Bertz CT molecular complexity index is 478. The van der Waals surface area contributed by atoms with E-state index in [1.807, 2.05) is 28.9 Å². The maximum Gasteiger partial charge on any atom is 0.274 e. The molecule has 1 aliphatic carbocycles. The number of nitrogens with zero attached hydrogens (tertiary/aromatic N) is 3. The summed E-state index contributed by atoms with van der Waals surface area (Å²) >= 11 is 0. The largest absolute Gasteiger partial charge is 0.337 e. The first-order chi connectivity index (χ1) is 10.3. The van der Waals surface area contributed by atoms with Gasteiger partial charge in [-0.1, -0.05) is 19.3 Å². The van der Waals surface area contributed by atoms with Gasteiger partial charge in [-0.3, -0.25) is 9.48 Å². The number of rotatable bonds is 3. The Morgan fingerprint density at radius 1 is 1.27 bits per heavy atom. The maximum absolute atomic E-state index is 12.6. The van der Waals surface area contributed by atoms with Crippen molar-refractivity contribution in [2.75, 3.05) is 20.1 Å². The van der Waals surface area contributed by atoms with Crippen LogP contribution in [0.3, 0.4) is 0 Å². The number of halogens is 1. The van der Waals surface area contributed by atoms with E-state index in [1.54, 1.807) is 0 Å². The Balaban J connectivity index is 0.00000176. The van der Waals surface area contributed by atoms with Crippen molar-refractivity contribution >= 4 is 18.3 Å². The molecule has 1 saturated carbocycles. The van der Waals surface area contributed by atoms with Crippen molar-refractivity contribution in [2.45, 2.75) is 57.0 Å². The number of carbonyl (C=O) groups excluding carboxylic acids is 1. The summed E-state index contributed by atoms with van der Waals surface area (Å²) < 4.78 is 1.97. The summed E-state index contributed by atoms with van der Waals surface area (Å²) in [5.74, 6) is 0.0735. The predicted octanol–water partition coefficient (Wildman–Crippen LogP) is 2.63. The van der Waals surface area contributed by atoms with Crippen LogP contribution < -0.4 is 5.32 Å². The van der Waals surface area contributed by atoms with Crippen molar-refractivity contribution in [1.82, 2.24) is 20.0 Å². The van der Waals surface area contributed by atoms with Gasteiger partial charge in [-0.15, -0.1) is 12.4 Å². The van der Waals surface area contributed by atoms with Crippen molar-refractivity contribution in [1.29, 1.82) is 0 Å². The number of aromatic nitrogens is 2. The fourth-order valence-electron chi connectivity index (χ4n) is 3.53. The van der Waals surface area contributed by atoms with Gasteiger partial charge in [0.1, 0.15) is 5.69 Å². The normalized spacial score (nSPS) is 22.9. The zero-order valence-electron chi connectivity index (χ0n) is 13.3. The van der Waals surface area contributed by atoms with E-state index in [4.69, 9.17) is 0 Å². The first-order valence-electron chi connectivity index (χ1n) is 8.29. The molecule has 0 spiro atoms.